The lowest BCUT2D eigenvalue weighted by Crippen LogP contribution is -2.14. The fraction of sp³-hybridized carbons (Fsp3) is 0.294. The van der Waals surface area contributed by atoms with Gasteiger partial charge in [0.25, 0.3) is 0 Å². The third kappa shape index (κ3) is 3.36. The molecule has 19 heavy (non-hydrogen) atoms. The molecule has 0 bridgehead atoms. The molecule has 2 N–H and O–H groups in total. The van der Waals surface area contributed by atoms with Gasteiger partial charge in [0.1, 0.15) is 5.75 Å². The number of aryl methyl sites for hydroxylation is 2. The second-order valence-corrected chi connectivity index (χ2v) is 5.02. The molecule has 0 aliphatic rings. The quantitative estimate of drug-likeness (QED) is 0.906. The summed E-state index contributed by atoms with van der Waals surface area (Å²) >= 11 is 0. The number of hydrogen-bond acceptors (Lipinski definition) is 2. The van der Waals surface area contributed by atoms with Crippen molar-refractivity contribution < 1.29 is 4.74 Å². The van der Waals surface area contributed by atoms with Gasteiger partial charge in [-0.25, -0.2) is 0 Å². The van der Waals surface area contributed by atoms with E-state index in [-0.39, 0.29) is 6.04 Å². The summed E-state index contributed by atoms with van der Waals surface area (Å²) in [6.45, 7) is 4.22. The number of ether oxygens (including phenoxy) is 1. The molecule has 2 rings (SSSR count). The number of benzene rings is 2. The van der Waals surface area contributed by atoms with Crippen LogP contribution in [0.2, 0.25) is 0 Å². The zero-order chi connectivity index (χ0) is 13.8. The number of nitrogens with two attached hydrogens (primary N) is 1. The van der Waals surface area contributed by atoms with Crippen molar-refractivity contribution >= 4 is 0 Å². The van der Waals surface area contributed by atoms with Crippen LogP contribution in [-0.4, -0.2) is 7.11 Å². The first-order chi connectivity index (χ1) is 9.10. The van der Waals surface area contributed by atoms with Gasteiger partial charge in [0.2, 0.25) is 0 Å². The van der Waals surface area contributed by atoms with Crippen LogP contribution < -0.4 is 10.5 Å². The van der Waals surface area contributed by atoms with Crippen LogP contribution in [-0.2, 0) is 6.42 Å². The van der Waals surface area contributed by atoms with Crippen molar-refractivity contribution in [3.8, 4) is 5.75 Å². The molecule has 0 amide bonds. The van der Waals surface area contributed by atoms with E-state index in [1.165, 1.54) is 22.3 Å². The largest absolute Gasteiger partial charge is 0.497 e. The molecule has 0 radical (unpaired) electrons. The molecule has 0 spiro atoms. The van der Waals surface area contributed by atoms with E-state index in [4.69, 9.17) is 10.5 Å². The maximum atomic E-state index is 6.32. The van der Waals surface area contributed by atoms with Crippen molar-refractivity contribution in [2.24, 2.45) is 5.73 Å². The molecule has 0 saturated carbocycles. The first kappa shape index (κ1) is 13.6. The Labute approximate surface area is 115 Å². The van der Waals surface area contributed by atoms with Crippen molar-refractivity contribution in [3.05, 3.63) is 64.7 Å². The average Bonchev–Trinajstić information content (AvgIpc) is 2.39. The molecule has 2 heteroatoms. The number of hydrogen-bond donors (Lipinski definition) is 1. The standard InChI is InChI=1S/C17H21NO/c1-12-4-9-16(13(2)10-12)17(18)11-14-5-7-15(19-3)8-6-14/h4-10,17H,11,18H2,1-3H3. The SMILES string of the molecule is COc1ccc(CC(N)c2ccc(C)cc2C)cc1. The van der Waals surface area contributed by atoms with Crippen molar-refractivity contribution in [3.63, 3.8) is 0 Å². The van der Waals surface area contributed by atoms with Crippen LogP contribution >= 0.6 is 0 Å². The zero-order valence-corrected chi connectivity index (χ0v) is 11.8. The Morgan fingerprint density at radius 2 is 1.74 bits per heavy atom. The molecule has 2 aromatic rings. The topological polar surface area (TPSA) is 35.2 Å². The van der Waals surface area contributed by atoms with E-state index < -0.39 is 0 Å². The van der Waals surface area contributed by atoms with Crippen molar-refractivity contribution in [2.75, 3.05) is 7.11 Å². The van der Waals surface area contributed by atoms with Gasteiger partial charge >= 0.3 is 0 Å². The summed E-state index contributed by atoms with van der Waals surface area (Å²) in [5.74, 6) is 0.879. The zero-order valence-electron chi connectivity index (χ0n) is 11.8. The Morgan fingerprint density at radius 1 is 1.05 bits per heavy atom. The van der Waals surface area contributed by atoms with E-state index in [0.29, 0.717) is 0 Å². The molecule has 0 saturated heterocycles. The summed E-state index contributed by atoms with van der Waals surface area (Å²) in [5.41, 5.74) is 11.3. The Kier molecular flexibility index (Phi) is 4.23. The van der Waals surface area contributed by atoms with Crippen LogP contribution in [0.3, 0.4) is 0 Å². The molecule has 0 aliphatic heterocycles. The Morgan fingerprint density at radius 3 is 2.32 bits per heavy atom. The van der Waals surface area contributed by atoms with Crippen molar-refractivity contribution in [2.45, 2.75) is 26.3 Å². The Balaban J connectivity index is 2.13. The van der Waals surface area contributed by atoms with Crippen molar-refractivity contribution in [1.82, 2.24) is 0 Å². The summed E-state index contributed by atoms with van der Waals surface area (Å²) < 4.78 is 5.16. The second-order valence-electron chi connectivity index (χ2n) is 5.02. The minimum atomic E-state index is 0.0361. The van der Waals surface area contributed by atoms with Gasteiger partial charge in [-0.05, 0) is 49.1 Å². The van der Waals surface area contributed by atoms with Gasteiger partial charge in [-0.15, -0.1) is 0 Å². The third-order valence-corrected chi connectivity index (χ3v) is 3.44. The summed E-state index contributed by atoms with van der Waals surface area (Å²) in [4.78, 5) is 0. The van der Waals surface area contributed by atoms with Gasteiger partial charge in [-0.1, -0.05) is 35.9 Å². The fourth-order valence-corrected chi connectivity index (χ4v) is 2.37. The first-order valence-electron chi connectivity index (χ1n) is 6.56. The lowest BCUT2D eigenvalue weighted by atomic mass is 9.95. The molecular weight excluding hydrogens is 234 g/mol. The molecule has 0 aliphatic carbocycles. The minimum Gasteiger partial charge on any atom is -0.497 e. The van der Waals surface area contributed by atoms with Crippen LogP contribution in [0.25, 0.3) is 0 Å². The van der Waals surface area contributed by atoms with Gasteiger partial charge in [0.05, 0.1) is 7.11 Å². The average molecular weight is 255 g/mol. The lowest BCUT2D eigenvalue weighted by molar-refractivity contribution is 0.414. The highest BCUT2D eigenvalue weighted by molar-refractivity contribution is 5.34. The smallest absolute Gasteiger partial charge is 0.118 e. The maximum Gasteiger partial charge on any atom is 0.118 e. The van der Waals surface area contributed by atoms with Gasteiger partial charge in [0, 0.05) is 6.04 Å². The number of rotatable bonds is 4. The van der Waals surface area contributed by atoms with E-state index in [0.717, 1.165) is 12.2 Å². The van der Waals surface area contributed by atoms with Crippen LogP contribution in [0.15, 0.2) is 42.5 Å². The minimum absolute atomic E-state index is 0.0361. The van der Waals surface area contributed by atoms with E-state index in [1.54, 1.807) is 7.11 Å². The monoisotopic (exact) mass is 255 g/mol. The van der Waals surface area contributed by atoms with E-state index >= 15 is 0 Å². The number of methoxy groups -OCH3 is 1. The van der Waals surface area contributed by atoms with E-state index in [2.05, 4.69) is 44.2 Å². The first-order valence-corrected chi connectivity index (χ1v) is 6.56. The highest BCUT2D eigenvalue weighted by Crippen LogP contribution is 2.21. The Bertz CT molecular complexity index is 546. The molecule has 2 nitrogen and oxygen atoms in total. The molecule has 1 unspecified atom stereocenters. The summed E-state index contributed by atoms with van der Waals surface area (Å²) in [7, 11) is 1.68. The summed E-state index contributed by atoms with van der Waals surface area (Å²) in [6, 6.07) is 14.6. The van der Waals surface area contributed by atoms with Gasteiger partial charge in [0.15, 0.2) is 0 Å². The van der Waals surface area contributed by atoms with E-state index in [9.17, 15) is 0 Å². The predicted molar refractivity (Wildman–Crippen MR) is 79.5 cm³/mol. The van der Waals surface area contributed by atoms with Crippen LogP contribution in [0.1, 0.15) is 28.3 Å². The highest BCUT2D eigenvalue weighted by atomic mass is 16.5. The highest BCUT2D eigenvalue weighted by Gasteiger charge is 2.10. The predicted octanol–water partition coefficient (Wildman–Crippen LogP) is 3.55. The van der Waals surface area contributed by atoms with Gasteiger partial charge < -0.3 is 10.5 Å². The van der Waals surface area contributed by atoms with Crippen LogP contribution in [0, 0.1) is 13.8 Å². The molecule has 0 fully saturated rings. The molecule has 100 valence electrons. The Hall–Kier alpha value is -1.80. The molecular formula is C17H21NO. The van der Waals surface area contributed by atoms with Crippen LogP contribution in [0.4, 0.5) is 0 Å². The maximum absolute atomic E-state index is 6.32. The molecule has 0 aromatic heterocycles. The summed E-state index contributed by atoms with van der Waals surface area (Å²) in [5, 5.41) is 0. The second kappa shape index (κ2) is 5.89. The third-order valence-electron chi connectivity index (χ3n) is 3.44. The molecule has 1 atom stereocenters. The molecule has 2 aromatic carbocycles. The van der Waals surface area contributed by atoms with Gasteiger partial charge in [-0.2, -0.15) is 0 Å². The molecule has 0 heterocycles. The van der Waals surface area contributed by atoms with Crippen molar-refractivity contribution in [1.29, 1.82) is 0 Å². The fourth-order valence-electron chi connectivity index (χ4n) is 2.37. The summed E-state index contributed by atoms with van der Waals surface area (Å²) in [6.07, 6.45) is 0.841. The lowest BCUT2D eigenvalue weighted by Gasteiger charge is -2.15. The van der Waals surface area contributed by atoms with Crippen LogP contribution in [0.5, 0.6) is 5.75 Å². The normalized spacial score (nSPS) is 12.2. The van der Waals surface area contributed by atoms with Gasteiger partial charge in [-0.3, -0.25) is 0 Å². The van der Waals surface area contributed by atoms with E-state index in [1.807, 2.05) is 12.1 Å².